The lowest BCUT2D eigenvalue weighted by atomic mass is 9.93. The van der Waals surface area contributed by atoms with Crippen molar-refractivity contribution < 1.29 is 22.0 Å². The van der Waals surface area contributed by atoms with E-state index >= 15 is 0 Å². The summed E-state index contributed by atoms with van der Waals surface area (Å²) >= 11 is 0. The van der Waals surface area contributed by atoms with Crippen LogP contribution in [0.15, 0.2) is 0 Å². The van der Waals surface area contributed by atoms with Crippen LogP contribution in [-0.2, 0) is 6.54 Å². The average Bonchev–Trinajstić information content (AvgIpc) is 2.49. The predicted molar refractivity (Wildman–Crippen MR) is 67.9 cm³/mol. The number of rotatable bonds is 3. The van der Waals surface area contributed by atoms with E-state index in [2.05, 4.69) is 0 Å². The molecule has 118 valence electrons. The Balaban J connectivity index is 2.31. The van der Waals surface area contributed by atoms with Gasteiger partial charge in [-0.05, 0) is 32.2 Å². The molecule has 0 aromatic heterocycles. The third kappa shape index (κ3) is 3.03. The number of hydrogen-bond acceptors (Lipinski definition) is 2. The van der Waals surface area contributed by atoms with Gasteiger partial charge in [-0.1, -0.05) is 0 Å². The zero-order chi connectivity index (χ0) is 15.7. The first-order valence-corrected chi connectivity index (χ1v) is 6.81. The van der Waals surface area contributed by atoms with E-state index in [-0.39, 0.29) is 18.5 Å². The van der Waals surface area contributed by atoms with Crippen molar-refractivity contribution in [2.24, 2.45) is 11.7 Å². The minimum Gasteiger partial charge on any atom is -0.330 e. The Kier molecular flexibility index (Phi) is 4.83. The van der Waals surface area contributed by atoms with Gasteiger partial charge in [0.2, 0.25) is 5.82 Å². The van der Waals surface area contributed by atoms with Crippen LogP contribution in [0, 0.1) is 35.0 Å². The van der Waals surface area contributed by atoms with Crippen molar-refractivity contribution in [2.45, 2.75) is 32.4 Å². The summed E-state index contributed by atoms with van der Waals surface area (Å²) in [4.78, 5) is 1.71. The molecule has 1 heterocycles. The lowest BCUT2D eigenvalue weighted by Gasteiger charge is -2.37. The van der Waals surface area contributed by atoms with Gasteiger partial charge in [0.15, 0.2) is 23.3 Å². The lowest BCUT2D eigenvalue weighted by Crippen LogP contribution is -2.43. The molecule has 2 nitrogen and oxygen atoms in total. The maximum Gasteiger partial charge on any atom is 0.200 e. The second-order valence-corrected chi connectivity index (χ2v) is 5.51. The van der Waals surface area contributed by atoms with Crippen LogP contribution in [0.4, 0.5) is 22.0 Å². The monoisotopic (exact) mass is 308 g/mol. The minimum atomic E-state index is -2.12. The second-order valence-electron chi connectivity index (χ2n) is 5.51. The van der Waals surface area contributed by atoms with Crippen LogP contribution in [0.3, 0.4) is 0 Å². The minimum absolute atomic E-state index is 0.00257. The molecule has 0 spiro atoms. The maximum absolute atomic E-state index is 13.7. The van der Waals surface area contributed by atoms with Crippen molar-refractivity contribution in [3.05, 3.63) is 34.6 Å². The number of hydrogen-bond donors (Lipinski definition) is 1. The first-order valence-electron chi connectivity index (χ1n) is 6.81. The Hall–Kier alpha value is -1.21. The molecule has 1 fully saturated rings. The molecular formula is C14H17F5N2. The molecule has 0 bridgehead atoms. The zero-order valence-electron chi connectivity index (χ0n) is 11.6. The van der Waals surface area contributed by atoms with Gasteiger partial charge in [0.1, 0.15) is 0 Å². The van der Waals surface area contributed by atoms with Crippen molar-refractivity contribution in [1.29, 1.82) is 0 Å². The molecule has 1 aliphatic rings. The molecule has 7 heteroatoms. The van der Waals surface area contributed by atoms with Gasteiger partial charge in [0.05, 0.1) is 0 Å². The summed E-state index contributed by atoms with van der Waals surface area (Å²) < 4.78 is 66.8. The molecule has 2 unspecified atom stereocenters. The van der Waals surface area contributed by atoms with E-state index in [9.17, 15) is 22.0 Å². The summed E-state index contributed by atoms with van der Waals surface area (Å²) in [6.07, 6.45) is 1.67. The SMILES string of the molecule is CC1CCC(CN)CN1Cc1c(F)c(F)c(F)c(F)c1F. The highest BCUT2D eigenvalue weighted by molar-refractivity contribution is 5.24. The largest absolute Gasteiger partial charge is 0.330 e. The summed E-state index contributed by atoms with van der Waals surface area (Å²) in [7, 11) is 0. The lowest BCUT2D eigenvalue weighted by molar-refractivity contribution is 0.109. The van der Waals surface area contributed by atoms with Crippen molar-refractivity contribution >= 4 is 0 Å². The highest BCUT2D eigenvalue weighted by Crippen LogP contribution is 2.28. The number of likely N-dealkylation sites (tertiary alicyclic amines) is 1. The van der Waals surface area contributed by atoms with Gasteiger partial charge in [0, 0.05) is 24.7 Å². The normalized spacial score (nSPS) is 23.6. The van der Waals surface area contributed by atoms with Crippen LogP contribution in [0.25, 0.3) is 0 Å². The molecule has 2 atom stereocenters. The van der Waals surface area contributed by atoms with Crippen molar-refractivity contribution in [1.82, 2.24) is 4.90 Å². The molecule has 1 saturated heterocycles. The van der Waals surface area contributed by atoms with Gasteiger partial charge in [-0.3, -0.25) is 4.90 Å². The third-order valence-corrected chi connectivity index (χ3v) is 4.10. The predicted octanol–water partition coefficient (Wildman–Crippen LogP) is 2.94. The van der Waals surface area contributed by atoms with Gasteiger partial charge >= 0.3 is 0 Å². The molecule has 0 saturated carbocycles. The molecule has 1 aromatic rings. The Labute approximate surface area is 119 Å². The van der Waals surface area contributed by atoms with Crippen molar-refractivity contribution in [2.75, 3.05) is 13.1 Å². The van der Waals surface area contributed by atoms with Crippen molar-refractivity contribution in [3.8, 4) is 0 Å². The molecule has 1 aromatic carbocycles. The summed E-state index contributed by atoms with van der Waals surface area (Å²) in [6.45, 7) is 2.46. The highest BCUT2D eigenvalue weighted by atomic mass is 19.2. The first-order chi connectivity index (χ1) is 9.86. The standard InChI is InChI=1S/C14H17F5N2/c1-7-2-3-8(4-20)5-21(7)6-9-10(15)12(17)14(19)13(18)11(9)16/h7-8H,2-6,20H2,1H3. The summed E-state index contributed by atoms with van der Waals surface area (Å²) in [6, 6.07) is 0.00257. The quantitative estimate of drug-likeness (QED) is 0.528. The van der Waals surface area contributed by atoms with Gasteiger partial charge in [-0.25, -0.2) is 22.0 Å². The van der Waals surface area contributed by atoms with E-state index in [0.717, 1.165) is 12.8 Å². The zero-order valence-corrected chi connectivity index (χ0v) is 11.6. The fraction of sp³-hybridized carbons (Fsp3) is 0.571. The topological polar surface area (TPSA) is 29.3 Å². The van der Waals surface area contributed by atoms with Crippen LogP contribution in [-0.4, -0.2) is 24.0 Å². The smallest absolute Gasteiger partial charge is 0.200 e. The molecule has 21 heavy (non-hydrogen) atoms. The Morgan fingerprint density at radius 3 is 2.00 bits per heavy atom. The van der Waals surface area contributed by atoms with Crippen LogP contribution >= 0.6 is 0 Å². The van der Waals surface area contributed by atoms with Crippen LogP contribution in [0.2, 0.25) is 0 Å². The Morgan fingerprint density at radius 1 is 0.952 bits per heavy atom. The van der Waals surface area contributed by atoms with Crippen LogP contribution < -0.4 is 5.73 Å². The average molecular weight is 308 g/mol. The van der Waals surface area contributed by atoms with E-state index in [1.165, 1.54) is 0 Å². The maximum atomic E-state index is 13.7. The van der Waals surface area contributed by atoms with E-state index in [4.69, 9.17) is 5.73 Å². The Morgan fingerprint density at radius 2 is 1.48 bits per heavy atom. The number of benzene rings is 1. The van der Waals surface area contributed by atoms with Crippen LogP contribution in [0.1, 0.15) is 25.3 Å². The van der Waals surface area contributed by atoms with Crippen molar-refractivity contribution in [3.63, 3.8) is 0 Å². The molecule has 2 rings (SSSR count). The molecule has 1 aliphatic heterocycles. The Bertz CT molecular complexity index is 506. The number of piperidine rings is 1. The second kappa shape index (κ2) is 6.27. The number of nitrogens with zero attached hydrogens (tertiary/aromatic N) is 1. The van der Waals surface area contributed by atoms with Crippen LogP contribution in [0.5, 0.6) is 0 Å². The molecule has 2 N–H and O–H groups in total. The number of nitrogens with two attached hydrogens (primary N) is 1. The molecular weight excluding hydrogens is 291 g/mol. The fourth-order valence-electron chi connectivity index (χ4n) is 2.67. The highest BCUT2D eigenvalue weighted by Gasteiger charge is 2.30. The van der Waals surface area contributed by atoms with E-state index in [1.54, 1.807) is 4.90 Å². The van der Waals surface area contributed by atoms with E-state index in [1.807, 2.05) is 6.92 Å². The third-order valence-electron chi connectivity index (χ3n) is 4.10. The molecule has 0 aliphatic carbocycles. The van der Waals surface area contributed by atoms with E-state index < -0.39 is 34.6 Å². The van der Waals surface area contributed by atoms with E-state index in [0.29, 0.717) is 13.1 Å². The molecule has 0 amide bonds. The van der Waals surface area contributed by atoms with Gasteiger partial charge in [-0.2, -0.15) is 0 Å². The number of halogens is 5. The summed E-state index contributed by atoms with van der Waals surface area (Å²) in [5.41, 5.74) is 4.81. The summed E-state index contributed by atoms with van der Waals surface area (Å²) in [5.74, 6) is -9.27. The van der Waals surface area contributed by atoms with Gasteiger partial charge < -0.3 is 5.73 Å². The first kappa shape index (κ1) is 16.2. The van der Waals surface area contributed by atoms with Gasteiger partial charge in [-0.15, -0.1) is 0 Å². The molecule has 0 radical (unpaired) electrons. The summed E-state index contributed by atoms with van der Waals surface area (Å²) in [5, 5.41) is 0. The van der Waals surface area contributed by atoms with Gasteiger partial charge in [0.25, 0.3) is 0 Å². The fourth-order valence-corrected chi connectivity index (χ4v) is 2.67.